The molecule has 14 heavy (non-hydrogen) atoms. The van der Waals surface area contributed by atoms with Crippen molar-refractivity contribution in [3.63, 3.8) is 0 Å². The van der Waals surface area contributed by atoms with Crippen molar-refractivity contribution in [2.45, 2.75) is 18.9 Å². The van der Waals surface area contributed by atoms with Crippen LogP contribution in [0.4, 0.5) is 12.9 Å². The fourth-order valence-corrected chi connectivity index (χ4v) is 1.80. The molecule has 0 heterocycles. The lowest BCUT2D eigenvalue weighted by Crippen LogP contribution is -2.34. The van der Waals surface area contributed by atoms with E-state index in [-0.39, 0.29) is 0 Å². The minimum atomic E-state index is -4.95. The molecule has 2 rings (SSSR count). The number of aliphatic hydroxyl groups is 1. The minimum absolute atomic E-state index is 0.446. The van der Waals surface area contributed by atoms with E-state index in [0.717, 1.165) is 17.7 Å². The van der Waals surface area contributed by atoms with E-state index in [9.17, 15) is 18.1 Å². The maximum atomic E-state index is 12.4. The second-order valence-electron chi connectivity index (χ2n) is 3.59. The van der Waals surface area contributed by atoms with Gasteiger partial charge in [-0.25, -0.2) is 0 Å². The van der Waals surface area contributed by atoms with Crippen LogP contribution in [0.15, 0.2) is 18.2 Å². The quantitative estimate of drug-likeness (QED) is 0.685. The van der Waals surface area contributed by atoms with Crippen LogP contribution in [0, 0.1) is 0 Å². The molecule has 1 aliphatic rings. The van der Waals surface area contributed by atoms with Crippen LogP contribution in [0.5, 0.6) is 0 Å². The molecule has 1 N–H and O–H groups in total. The summed E-state index contributed by atoms with van der Waals surface area (Å²) in [6.07, 6.45) is 0.480. The van der Waals surface area contributed by atoms with Gasteiger partial charge in [0.2, 0.25) is 0 Å². The highest BCUT2D eigenvalue weighted by Gasteiger charge is 2.28. The molecule has 0 amide bonds. The third kappa shape index (κ3) is 1.52. The first-order valence-corrected chi connectivity index (χ1v) is 4.49. The van der Waals surface area contributed by atoms with Crippen molar-refractivity contribution in [2.24, 2.45) is 0 Å². The Hall–Kier alpha value is -0.965. The zero-order valence-electron chi connectivity index (χ0n) is 7.38. The Morgan fingerprint density at radius 3 is 2.64 bits per heavy atom. The van der Waals surface area contributed by atoms with E-state index in [2.05, 4.69) is 0 Å². The summed E-state index contributed by atoms with van der Waals surface area (Å²) in [5.74, 6) is 0. The average Bonchev–Trinajstić information content (AvgIpc) is 2.46. The molecule has 1 aliphatic carbocycles. The van der Waals surface area contributed by atoms with E-state index in [1.165, 1.54) is 6.07 Å². The largest absolute Gasteiger partial charge is 0.509 e. The Balaban J connectivity index is 2.45. The molecule has 0 aromatic heterocycles. The first kappa shape index (κ1) is 9.58. The summed E-state index contributed by atoms with van der Waals surface area (Å²) in [7, 11) is 0. The van der Waals surface area contributed by atoms with Crippen LogP contribution in [-0.2, 0) is 6.42 Å². The van der Waals surface area contributed by atoms with Crippen molar-refractivity contribution in [1.29, 1.82) is 0 Å². The third-order valence-corrected chi connectivity index (χ3v) is 2.59. The van der Waals surface area contributed by atoms with Gasteiger partial charge < -0.3 is 18.1 Å². The highest BCUT2D eigenvalue weighted by Crippen LogP contribution is 2.30. The maximum absolute atomic E-state index is 12.4. The molecular weight excluding hydrogens is 192 g/mol. The fourth-order valence-electron chi connectivity index (χ4n) is 1.80. The zero-order valence-corrected chi connectivity index (χ0v) is 7.38. The number of halogens is 3. The highest BCUT2D eigenvalue weighted by molar-refractivity contribution is 6.73. The molecule has 0 bridgehead atoms. The Kier molecular flexibility index (Phi) is 2.07. The van der Waals surface area contributed by atoms with Gasteiger partial charge in [-0.2, -0.15) is 0 Å². The van der Waals surface area contributed by atoms with Crippen LogP contribution in [-0.4, -0.2) is 12.1 Å². The van der Waals surface area contributed by atoms with Crippen LogP contribution < -0.4 is 5.46 Å². The molecule has 0 saturated heterocycles. The lowest BCUT2D eigenvalue weighted by atomic mass is 9.79. The van der Waals surface area contributed by atoms with Gasteiger partial charge in [0.1, 0.15) is 0 Å². The van der Waals surface area contributed by atoms with Crippen LogP contribution in [0.2, 0.25) is 0 Å². The van der Waals surface area contributed by atoms with E-state index in [1.54, 1.807) is 0 Å². The highest BCUT2D eigenvalue weighted by atomic mass is 19.4. The number of aryl methyl sites for hydroxylation is 1. The van der Waals surface area contributed by atoms with Crippen molar-refractivity contribution < 1.29 is 18.1 Å². The van der Waals surface area contributed by atoms with Gasteiger partial charge in [-0.3, -0.25) is 0 Å². The number of aliphatic hydroxyl groups excluding tert-OH is 1. The average molecular weight is 201 g/mol. The monoisotopic (exact) mass is 201 g/mol. The SMILES string of the molecule is OC1CCc2ccc([B-](F)(F)F)cc21. The van der Waals surface area contributed by atoms with Gasteiger partial charge >= 0.3 is 6.98 Å². The van der Waals surface area contributed by atoms with E-state index in [1.807, 2.05) is 0 Å². The molecule has 0 radical (unpaired) electrons. The number of fused-ring (bicyclic) bond motifs is 1. The Labute approximate surface area is 79.6 Å². The molecule has 1 nitrogen and oxygen atoms in total. The molecule has 76 valence electrons. The molecule has 5 heteroatoms. The van der Waals surface area contributed by atoms with Crippen molar-refractivity contribution in [3.05, 3.63) is 29.3 Å². The second-order valence-corrected chi connectivity index (χ2v) is 3.59. The molecule has 0 spiro atoms. The summed E-state index contributed by atoms with van der Waals surface area (Å²) < 4.78 is 37.1. The Bertz CT molecular complexity index is 362. The second kappa shape index (κ2) is 3.02. The molecule has 1 atom stereocenters. The smallest absolute Gasteiger partial charge is 0.445 e. The van der Waals surface area contributed by atoms with E-state index in [0.29, 0.717) is 18.4 Å². The normalized spacial score (nSPS) is 21.0. The summed E-state index contributed by atoms with van der Waals surface area (Å²) in [6, 6.07) is 3.64. The summed E-state index contributed by atoms with van der Waals surface area (Å²) in [5.41, 5.74) is 0.660. The van der Waals surface area contributed by atoms with Crippen molar-refractivity contribution >= 4 is 12.4 Å². The van der Waals surface area contributed by atoms with Crippen molar-refractivity contribution in [2.75, 3.05) is 0 Å². The maximum Gasteiger partial charge on any atom is 0.509 e. The molecule has 0 aliphatic heterocycles. The summed E-state index contributed by atoms with van der Waals surface area (Å²) >= 11 is 0. The van der Waals surface area contributed by atoms with Gasteiger partial charge in [0.15, 0.2) is 0 Å². The van der Waals surface area contributed by atoms with Gasteiger partial charge in [-0.05, 0) is 24.0 Å². The predicted octanol–water partition coefficient (Wildman–Crippen LogP) is 1.72. The van der Waals surface area contributed by atoms with Gasteiger partial charge in [-0.1, -0.05) is 18.2 Å². The van der Waals surface area contributed by atoms with Crippen molar-refractivity contribution in [3.8, 4) is 0 Å². The Morgan fingerprint density at radius 2 is 2.00 bits per heavy atom. The first-order chi connectivity index (χ1) is 6.48. The standard InChI is InChI=1S/C9H9BF3O/c11-10(12,13)7-3-1-6-2-4-9(14)8(6)5-7/h1,3,5,9,14H,2,4H2/q-1. The molecule has 1 aromatic carbocycles. The molecule has 0 saturated carbocycles. The summed E-state index contributed by atoms with van der Waals surface area (Å²) in [4.78, 5) is 0. The summed E-state index contributed by atoms with van der Waals surface area (Å²) in [5, 5.41) is 9.41. The number of benzene rings is 1. The molecule has 1 aromatic rings. The van der Waals surface area contributed by atoms with Gasteiger partial charge in [-0.15, -0.1) is 5.46 Å². The van der Waals surface area contributed by atoms with Crippen LogP contribution in [0.25, 0.3) is 0 Å². The van der Waals surface area contributed by atoms with Crippen LogP contribution in [0.3, 0.4) is 0 Å². The lowest BCUT2D eigenvalue weighted by Gasteiger charge is -2.16. The number of hydrogen-bond acceptors (Lipinski definition) is 1. The zero-order chi connectivity index (χ0) is 10.3. The molecule has 1 unspecified atom stereocenters. The molecular formula is C9H9BF3O-. The topological polar surface area (TPSA) is 20.2 Å². The van der Waals surface area contributed by atoms with Gasteiger partial charge in [0.05, 0.1) is 6.10 Å². The van der Waals surface area contributed by atoms with E-state index < -0.39 is 18.5 Å². The fraction of sp³-hybridized carbons (Fsp3) is 0.333. The number of hydrogen-bond donors (Lipinski definition) is 1. The van der Waals surface area contributed by atoms with Gasteiger partial charge in [0.25, 0.3) is 0 Å². The van der Waals surface area contributed by atoms with Gasteiger partial charge in [0, 0.05) is 0 Å². The van der Waals surface area contributed by atoms with E-state index >= 15 is 0 Å². The van der Waals surface area contributed by atoms with Crippen molar-refractivity contribution in [1.82, 2.24) is 0 Å². The van der Waals surface area contributed by atoms with Crippen LogP contribution in [0.1, 0.15) is 23.7 Å². The van der Waals surface area contributed by atoms with E-state index in [4.69, 9.17) is 0 Å². The summed E-state index contributed by atoms with van der Waals surface area (Å²) in [6.45, 7) is -4.95. The lowest BCUT2D eigenvalue weighted by molar-refractivity contribution is 0.180. The molecule has 0 fully saturated rings. The first-order valence-electron chi connectivity index (χ1n) is 4.49. The van der Waals surface area contributed by atoms with Crippen LogP contribution >= 0.6 is 0 Å². The predicted molar refractivity (Wildman–Crippen MR) is 48.4 cm³/mol. The third-order valence-electron chi connectivity index (χ3n) is 2.59. The Morgan fingerprint density at radius 1 is 1.29 bits per heavy atom. The minimum Gasteiger partial charge on any atom is -0.445 e. The number of rotatable bonds is 1.